The van der Waals surface area contributed by atoms with Gasteiger partial charge < -0.3 is 15.2 Å². The van der Waals surface area contributed by atoms with Crippen LogP contribution in [0, 0.1) is 4.77 Å². The van der Waals surface area contributed by atoms with Crippen LogP contribution in [0.1, 0.15) is 29.3 Å². The maximum Gasteiger partial charge on any atom is 0.329 e. The van der Waals surface area contributed by atoms with Gasteiger partial charge in [0.2, 0.25) is 0 Å². The zero-order valence-electron chi connectivity index (χ0n) is 11.1. The minimum Gasteiger partial charge on any atom is -0.480 e. The van der Waals surface area contributed by atoms with Crippen molar-refractivity contribution >= 4 is 39.7 Å². The maximum absolute atomic E-state index is 12.7. The Morgan fingerprint density at radius 3 is 2.81 bits per heavy atom. The van der Waals surface area contributed by atoms with Crippen LogP contribution in [0.3, 0.4) is 0 Å². The van der Waals surface area contributed by atoms with E-state index in [0.717, 1.165) is 35.8 Å². The largest absolute Gasteiger partial charge is 0.480 e. The molecule has 21 heavy (non-hydrogen) atoms. The number of aliphatic carboxylic acids is 1. The summed E-state index contributed by atoms with van der Waals surface area (Å²) in [5.41, 5.74) is 0.586. The van der Waals surface area contributed by atoms with Crippen LogP contribution in [-0.2, 0) is 17.6 Å². The van der Waals surface area contributed by atoms with E-state index in [4.69, 9.17) is 17.3 Å². The number of carbonyl (C=O) groups is 1. The van der Waals surface area contributed by atoms with Gasteiger partial charge in [0.25, 0.3) is 5.56 Å². The van der Waals surface area contributed by atoms with Gasteiger partial charge in [-0.3, -0.25) is 9.36 Å². The second-order valence-corrected chi connectivity index (χ2v) is 6.55. The highest BCUT2D eigenvalue weighted by Crippen LogP contribution is 2.33. The molecule has 1 aliphatic rings. The SMILES string of the molecule is O=C(O)C(CO)n1c(=S)[nH]c2sc3c(c2c1=O)CCCC3. The predicted molar refractivity (Wildman–Crippen MR) is 81.7 cm³/mol. The Balaban J connectivity index is 2.35. The molecule has 0 amide bonds. The molecule has 3 N–H and O–H groups in total. The van der Waals surface area contributed by atoms with Crippen molar-refractivity contribution in [3.8, 4) is 0 Å². The second-order valence-electron chi connectivity index (χ2n) is 5.06. The van der Waals surface area contributed by atoms with Gasteiger partial charge in [0.05, 0.1) is 12.0 Å². The molecule has 1 unspecified atom stereocenters. The van der Waals surface area contributed by atoms with Gasteiger partial charge in [-0.1, -0.05) is 0 Å². The third-order valence-electron chi connectivity index (χ3n) is 3.81. The molecule has 0 aromatic carbocycles. The summed E-state index contributed by atoms with van der Waals surface area (Å²) in [5, 5.41) is 19.0. The number of carboxylic acid groups (broad SMARTS) is 1. The summed E-state index contributed by atoms with van der Waals surface area (Å²) in [6.07, 6.45) is 3.89. The average molecular weight is 326 g/mol. The Hall–Kier alpha value is -1.51. The van der Waals surface area contributed by atoms with Gasteiger partial charge in [-0.25, -0.2) is 4.79 Å². The number of rotatable bonds is 3. The van der Waals surface area contributed by atoms with Gasteiger partial charge in [0, 0.05) is 4.88 Å². The van der Waals surface area contributed by atoms with Crippen molar-refractivity contribution in [2.24, 2.45) is 0 Å². The number of nitrogens with one attached hydrogen (secondary N) is 1. The van der Waals surface area contributed by atoms with Crippen LogP contribution in [-0.4, -0.2) is 32.3 Å². The highest BCUT2D eigenvalue weighted by Gasteiger charge is 2.25. The van der Waals surface area contributed by atoms with Crippen molar-refractivity contribution in [2.75, 3.05) is 6.61 Å². The fraction of sp³-hybridized carbons (Fsp3) is 0.462. The Kier molecular flexibility index (Phi) is 3.68. The third-order valence-corrected chi connectivity index (χ3v) is 5.32. The van der Waals surface area contributed by atoms with Crippen LogP contribution in [0.15, 0.2) is 4.79 Å². The number of H-pyrrole nitrogens is 1. The first kappa shape index (κ1) is 14.4. The number of hydrogen-bond donors (Lipinski definition) is 3. The van der Waals surface area contributed by atoms with Gasteiger partial charge >= 0.3 is 5.97 Å². The molecule has 0 saturated carbocycles. The van der Waals surface area contributed by atoms with Crippen molar-refractivity contribution in [1.29, 1.82) is 0 Å². The molecule has 3 rings (SSSR count). The molecule has 8 heteroatoms. The highest BCUT2D eigenvalue weighted by molar-refractivity contribution is 7.71. The van der Waals surface area contributed by atoms with E-state index in [-0.39, 0.29) is 4.77 Å². The van der Waals surface area contributed by atoms with E-state index in [0.29, 0.717) is 10.2 Å². The van der Waals surface area contributed by atoms with Crippen LogP contribution in [0.2, 0.25) is 0 Å². The number of aromatic amines is 1. The first-order valence-electron chi connectivity index (χ1n) is 6.67. The quantitative estimate of drug-likeness (QED) is 0.745. The molecule has 0 radical (unpaired) electrons. The summed E-state index contributed by atoms with van der Waals surface area (Å²) >= 11 is 6.63. The molecule has 0 saturated heterocycles. The summed E-state index contributed by atoms with van der Waals surface area (Å²) in [7, 11) is 0. The average Bonchev–Trinajstić information content (AvgIpc) is 2.80. The minimum atomic E-state index is -1.36. The fourth-order valence-corrected chi connectivity index (χ4v) is 4.46. The summed E-state index contributed by atoms with van der Waals surface area (Å²) in [5.74, 6) is -1.28. The van der Waals surface area contributed by atoms with E-state index >= 15 is 0 Å². The van der Waals surface area contributed by atoms with Crippen molar-refractivity contribution in [3.63, 3.8) is 0 Å². The first-order valence-corrected chi connectivity index (χ1v) is 7.89. The summed E-state index contributed by atoms with van der Waals surface area (Å²) in [4.78, 5) is 28.7. The van der Waals surface area contributed by atoms with Crippen LogP contribution in [0.25, 0.3) is 10.2 Å². The number of aryl methyl sites for hydroxylation is 2. The van der Waals surface area contributed by atoms with Crippen LogP contribution in [0.5, 0.6) is 0 Å². The zero-order chi connectivity index (χ0) is 15.1. The van der Waals surface area contributed by atoms with Crippen molar-refractivity contribution in [3.05, 3.63) is 25.6 Å². The summed E-state index contributed by atoms with van der Waals surface area (Å²) in [6.45, 7) is -0.676. The van der Waals surface area contributed by atoms with E-state index in [2.05, 4.69) is 4.98 Å². The fourth-order valence-electron chi connectivity index (χ4n) is 2.80. The number of thiophene rings is 1. The van der Waals surface area contributed by atoms with Gasteiger partial charge in [0.15, 0.2) is 10.8 Å². The number of nitrogens with zero attached hydrogens (tertiary/aromatic N) is 1. The second kappa shape index (κ2) is 5.36. The summed E-state index contributed by atoms with van der Waals surface area (Å²) < 4.78 is 1.01. The van der Waals surface area contributed by atoms with E-state index in [9.17, 15) is 14.7 Å². The normalized spacial score (nSPS) is 15.9. The molecule has 0 aliphatic heterocycles. The lowest BCUT2D eigenvalue weighted by Gasteiger charge is -2.14. The standard InChI is InChI=1S/C13H14N2O4S2/c16-5-7(12(18)19)15-11(17)9-6-3-1-2-4-8(6)21-10(9)14-13(15)20/h7,16H,1-5H2,(H,14,20)(H,18,19). The molecule has 1 aliphatic carbocycles. The van der Waals surface area contributed by atoms with E-state index < -0.39 is 24.2 Å². The number of hydrogen-bond acceptors (Lipinski definition) is 5. The Morgan fingerprint density at radius 1 is 1.43 bits per heavy atom. The van der Waals surface area contributed by atoms with Gasteiger partial charge in [-0.15, -0.1) is 11.3 Å². The van der Waals surface area contributed by atoms with Crippen LogP contribution < -0.4 is 5.56 Å². The van der Waals surface area contributed by atoms with E-state index in [1.807, 2.05) is 0 Å². The molecule has 0 fully saturated rings. The highest BCUT2D eigenvalue weighted by atomic mass is 32.1. The monoisotopic (exact) mass is 326 g/mol. The number of aliphatic hydroxyl groups is 1. The lowest BCUT2D eigenvalue weighted by atomic mass is 9.97. The molecule has 2 heterocycles. The van der Waals surface area contributed by atoms with Crippen molar-refractivity contribution in [2.45, 2.75) is 31.7 Å². The lowest BCUT2D eigenvalue weighted by molar-refractivity contribution is -0.142. The smallest absolute Gasteiger partial charge is 0.329 e. The Morgan fingerprint density at radius 2 is 2.14 bits per heavy atom. The Bertz CT molecular complexity index is 833. The first-order chi connectivity index (χ1) is 10.0. The molecule has 0 bridgehead atoms. The molecule has 2 aromatic heterocycles. The van der Waals surface area contributed by atoms with Crippen molar-refractivity contribution < 1.29 is 15.0 Å². The van der Waals surface area contributed by atoms with Gasteiger partial charge in [-0.05, 0) is 43.5 Å². The predicted octanol–water partition coefficient (Wildman–Crippen LogP) is 1.62. The number of carboxylic acids is 1. The third kappa shape index (κ3) is 2.23. The van der Waals surface area contributed by atoms with Gasteiger partial charge in [0.1, 0.15) is 4.83 Å². The molecule has 112 valence electrons. The van der Waals surface area contributed by atoms with Crippen LogP contribution >= 0.6 is 23.6 Å². The molecule has 1 atom stereocenters. The minimum absolute atomic E-state index is 0.0348. The lowest BCUT2D eigenvalue weighted by Crippen LogP contribution is -2.33. The maximum atomic E-state index is 12.7. The van der Waals surface area contributed by atoms with Crippen LogP contribution in [0.4, 0.5) is 0 Å². The number of fused-ring (bicyclic) bond motifs is 3. The van der Waals surface area contributed by atoms with E-state index in [1.54, 1.807) is 0 Å². The number of aromatic nitrogens is 2. The molecular weight excluding hydrogens is 312 g/mol. The summed E-state index contributed by atoms with van der Waals surface area (Å²) in [6, 6.07) is -1.36. The Labute approximate surface area is 128 Å². The molecule has 6 nitrogen and oxygen atoms in total. The topological polar surface area (TPSA) is 95.3 Å². The zero-order valence-corrected chi connectivity index (χ0v) is 12.7. The van der Waals surface area contributed by atoms with Crippen molar-refractivity contribution in [1.82, 2.24) is 9.55 Å². The molecule has 2 aromatic rings. The molecular formula is C13H14N2O4S2. The molecule has 0 spiro atoms. The van der Waals surface area contributed by atoms with E-state index in [1.165, 1.54) is 16.2 Å². The van der Waals surface area contributed by atoms with Gasteiger partial charge in [-0.2, -0.15) is 0 Å². The number of aliphatic hydroxyl groups excluding tert-OH is 1.